The maximum absolute atomic E-state index is 12.0. The standard InChI is InChI=1S/C13H20N4O/c1-13(2,3)14-8-6-10-17-12(18)16-9-5-4-7-11(16)15-17/h4-5,7,9,14H,6,8,10H2,1-3H3. The van der Waals surface area contributed by atoms with Crippen molar-refractivity contribution in [3.8, 4) is 0 Å². The topological polar surface area (TPSA) is 51.3 Å². The number of rotatable bonds is 4. The highest BCUT2D eigenvalue weighted by Gasteiger charge is 2.08. The molecular formula is C13H20N4O. The van der Waals surface area contributed by atoms with Gasteiger partial charge < -0.3 is 5.32 Å². The molecule has 0 saturated heterocycles. The van der Waals surface area contributed by atoms with E-state index in [4.69, 9.17) is 0 Å². The van der Waals surface area contributed by atoms with E-state index >= 15 is 0 Å². The Kier molecular flexibility index (Phi) is 3.52. The van der Waals surface area contributed by atoms with Crippen LogP contribution in [0.15, 0.2) is 29.2 Å². The third kappa shape index (κ3) is 2.98. The summed E-state index contributed by atoms with van der Waals surface area (Å²) in [5.41, 5.74) is 0.747. The minimum absolute atomic E-state index is 0.0682. The first-order valence-electron chi connectivity index (χ1n) is 6.27. The fraction of sp³-hybridized carbons (Fsp3) is 0.538. The summed E-state index contributed by atoms with van der Waals surface area (Å²) in [6.45, 7) is 7.91. The molecule has 98 valence electrons. The first kappa shape index (κ1) is 12.8. The van der Waals surface area contributed by atoms with E-state index in [-0.39, 0.29) is 11.2 Å². The van der Waals surface area contributed by atoms with Crippen molar-refractivity contribution in [2.75, 3.05) is 6.54 Å². The Hall–Kier alpha value is -1.62. The summed E-state index contributed by atoms with van der Waals surface area (Å²) in [6, 6.07) is 5.56. The van der Waals surface area contributed by atoms with Gasteiger partial charge in [-0.3, -0.25) is 4.40 Å². The van der Waals surface area contributed by atoms with E-state index in [1.54, 1.807) is 10.6 Å². The van der Waals surface area contributed by atoms with Gasteiger partial charge in [-0.1, -0.05) is 6.07 Å². The van der Waals surface area contributed by atoms with E-state index in [1.165, 1.54) is 4.68 Å². The predicted octanol–water partition coefficient (Wildman–Crippen LogP) is 1.27. The summed E-state index contributed by atoms with van der Waals surface area (Å²) >= 11 is 0. The molecule has 0 radical (unpaired) electrons. The predicted molar refractivity (Wildman–Crippen MR) is 71.8 cm³/mol. The Labute approximate surface area is 106 Å². The lowest BCUT2D eigenvalue weighted by Gasteiger charge is -2.20. The zero-order chi connectivity index (χ0) is 13.2. The van der Waals surface area contributed by atoms with Crippen LogP contribution >= 0.6 is 0 Å². The van der Waals surface area contributed by atoms with Gasteiger partial charge in [0, 0.05) is 18.3 Å². The number of nitrogens with one attached hydrogen (secondary N) is 1. The smallest absolute Gasteiger partial charge is 0.312 e. The molecule has 0 unspecified atom stereocenters. The van der Waals surface area contributed by atoms with Gasteiger partial charge in [0.2, 0.25) is 0 Å². The fourth-order valence-corrected chi connectivity index (χ4v) is 1.81. The lowest BCUT2D eigenvalue weighted by atomic mass is 10.1. The van der Waals surface area contributed by atoms with Crippen molar-refractivity contribution in [2.24, 2.45) is 0 Å². The number of aryl methyl sites for hydroxylation is 1. The van der Waals surface area contributed by atoms with Crippen molar-refractivity contribution in [3.63, 3.8) is 0 Å². The maximum Gasteiger partial charge on any atom is 0.350 e. The van der Waals surface area contributed by atoms with Crippen LogP contribution in [-0.4, -0.2) is 26.3 Å². The SMILES string of the molecule is CC(C)(C)NCCCn1nc2ccccn2c1=O. The number of hydrogen-bond acceptors (Lipinski definition) is 3. The normalized spacial score (nSPS) is 12.2. The lowest BCUT2D eigenvalue weighted by Crippen LogP contribution is -2.37. The van der Waals surface area contributed by atoms with E-state index in [9.17, 15) is 4.79 Å². The second-order valence-electron chi connectivity index (χ2n) is 5.46. The molecule has 2 aromatic heterocycles. The number of nitrogens with zero attached hydrogens (tertiary/aromatic N) is 3. The fourth-order valence-electron chi connectivity index (χ4n) is 1.81. The zero-order valence-corrected chi connectivity index (χ0v) is 11.2. The van der Waals surface area contributed by atoms with E-state index < -0.39 is 0 Å². The molecule has 0 aliphatic heterocycles. The Balaban J connectivity index is 2.00. The molecule has 2 rings (SSSR count). The second kappa shape index (κ2) is 4.94. The van der Waals surface area contributed by atoms with Crippen molar-refractivity contribution < 1.29 is 0 Å². The van der Waals surface area contributed by atoms with Gasteiger partial charge in [0.05, 0.1) is 0 Å². The molecule has 0 bridgehead atoms. The summed E-state index contributed by atoms with van der Waals surface area (Å²) in [5, 5.41) is 7.68. The average Bonchev–Trinajstić information content (AvgIpc) is 2.62. The molecule has 2 aromatic rings. The van der Waals surface area contributed by atoms with Crippen LogP contribution < -0.4 is 11.0 Å². The zero-order valence-electron chi connectivity index (χ0n) is 11.2. The van der Waals surface area contributed by atoms with Gasteiger partial charge in [-0.2, -0.15) is 0 Å². The van der Waals surface area contributed by atoms with Crippen LogP contribution in [0, 0.1) is 0 Å². The first-order valence-corrected chi connectivity index (χ1v) is 6.27. The van der Waals surface area contributed by atoms with E-state index in [0.717, 1.165) is 13.0 Å². The van der Waals surface area contributed by atoms with Gasteiger partial charge in [0.1, 0.15) is 0 Å². The van der Waals surface area contributed by atoms with Gasteiger partial charge in [-0.05, 0) is 45.9 Å². The van der Waals surface area contributed by atoms with Crippen LogP contribution in [-0.2, 0) is 6.54 Å². The summed E-state index contributed by atoms with van der Waals surface area (Å²) < 4.78 is 3.09. The van der Waals surface area contributed by atoms with E-state index in [1.807, 2.05) is 18.2 Å². The quantitative estimate of drug-likeness (QED) is 0.829. The summed E-state index contributed by atoms with van der Waals surface area (Å²) in [6.07, 6.45) is 2.63. The van der Waals surface area contributed by atoms with E-state index in [2.05, 4.69) is 31.2 Å². The first-order chi connectivity index (χ1) is 8.47. The van der Waals surface area contributed by atoms with Crippen LogP contribution in [0.25, 0.3) is 5.65 Å². The molecule has 5 nitrogen and oxygen atoms in total. The van der Waals surface area contributed by atoms with Crippen molar-refractivity contribution in [1.82, 2.24) is 19.5 Å². The maximum atomic E-state index is 12.0. The minimum atomic E-state index is -0.0682. The Morgan fingerprint density at radius 3 is 2.78 bits per heavy atom. The Morgan fingerprint density at radius 2 is 2.11 bits per heavy atom. The van der Waals surface area contributed by atoms with Crippen LogP contribution in [0.4, 0.5) is 0 Å². The molecule has 0 saturated carbocycles. The molecule has 0 spiro atoms. The molecule has 18 heavy (non-hydrogen) atoms. The third-order valence-corrected chi connectivity index (χ3v) is 2.69. The minimum Gasteiger partial charge on any atom is -0.312 e. The molecule has 0 atom stereocenters. The largest absolute Gasteiger partial charge is 0.350 e. The molecule has 0 fully saturated rings. The average molecular weight is 248 g/mol. The Bertz CT molecular complexity index is 576. The molecule has 0 amide bonds. The van der Waals surface area contributed by atoms with Crippen molar-refractivity contribution in [3.05, 3.63) is 34.9 Å². The number of aromatic nitrogens is 3. The molecule has 5 heteroatoms. The molecule has 0 aromatic carbocycles. The number of hydrogen-bond donors (Lipinski definition) is 1. The van der Waals surface area contributed by atoms with Gasteiger partial charge in [-0.15, -0.1) is 5.10 Å². The molecule has 0 aliphatic rings. The molecule has 0 aliphatic carbocycles. The van der Waals surface area contributed by atoms with Gasteiger partial charge in [0.25, 0.3) is 0 Å². The number of pyridine rings is 1. The monoisotopic (exact) mass is 248 g/mol. The molecule has 1 N–H and O–H groups in total. The van der Waals surface area contributed by atoms with Crippen molar-refractivity contribution in [1.29, 1.82) is 0 Å². The highest BCUT2D eigenvalue weighted by atomic mass is 16.2. The van der Waals surface area contributed by atoms with Crippen LogP contribution in [0.1, 0.15) is 27.2 Å². The van der Waals surface area contributed by atoms with Crippen LogP contribution in [0.5, 0.6) is 0 Å². The summed E-state index contributed by atoms with van der Waals surface area (Å²) in [4.78, 5) is 12.0. The third-order valence-electron chi connectivity index (χ3n) is 2.69. The van der Waals surface area contributed by atoms with Crippen LogP contribution in [0.3, 0.4) is 0 Å². The summed E-state index contributed by atoms with van der Waals surface area (Å²) in [5.74, 6) is 0. The van der Waals surface area contributed by atoms with Crippen molar-refractivity contribution >= 4 is 5.65 Å². The number of fused-ring (bicyclic) bond motifs is 1. The highest BCUT2D eigenvalue weighted by molar-refractivity contribution is 5.35. The van der Waals surface area contributed by atoms with E-state index in [0.29, 0.717) is 12.2 Å². The lowest BCUT2D eigenvalue weighted by molar-refractivity contribution is 0.407. The van der Waals surface area contributed by atoms with Crippen molar-refractivity contribution in [2.45, 2.75) is 39.3 Å². The molecular weight excluding hydrogens is 228 g/mol. The Morgan fingerprint density at radius 1 is 1.33 bits per heavy atom. The second-order valence-corrected chi connectivity index (χ2v) is 5.46. The van der Waals surface area contributed by atoms with Gasteiger partial charge in [0.15, 0.2) is 5.65 Å². The van der Waals surface area contributed by atoms with Gasteiger partial charge >= 0.3 is 5.69 Å². The van der Waals surface area contributed by atoms with Crippen LogP contribution in [0.2, 0.25) is 0 Å². The van der Waals surface area contributed by atoms with Gasteiger partial charge in [-0.25, -0.2) is 9.48 Å². The molecule has 2 heterocycles. The summed E-state index contributed by atoms with van der Waals surface area (Å²) in [7, 11) is 0. The highest BCUT2D eigenvalue weighted by Crippen LogP contribution is 1.99.